The van der Waals surface area contributed by atoms with Crippen molar-refractivity contribution in [2.24, 2.45) is 0 Å². The van der Waals surface area contributed by atoms with E-state index in [1.54, 1.807) is 40.2 Å². The van der Waals surface area contributed by atoms with Crippen LogP contribution in [0.15, 0.2) is 34.5 Å². The molecule has 0 amide bonds. The molecule has 0 spiro atoms. The molecule has 0 N–H and O–H groups in total. The first-order chi connectivity index (χ1) is 10.7. The number of thiophene rings is 3. The van der Waals surface area contributed by atoms with Gasteiger partial charge in [0.1, 0.15) is 0 Å². The Kier molecular flexibility index (Phi) is 2.88. The van der Waals surface area contributed by atoms with Gasteiger partial charge in [0, 0.05) is 0 Å². The van der Waals surface area contributed by atoms with Crippen LogP contribution in [0.1, 0.15) is 24.9 Å². The molecule has 6 heteroatoms. The number of carbonyl (C=O) groups is 2. The van der Waals surface area contributed by atoms with E-state index < -0.39 is 0 Å². The van der Waals surface area contributed by atoms with E-state index in [-0.39, 0.29) is 32.0 Å². The zero-order valence-electron chi connectivity index (χ0n) is 10.9. The molecule has 4 heterocycles. The number of hydrogen-bond donors (Lipinski definition) is 0. The van der Waals surface area contributed by atoms with Gasteiger partial charge in [0.2, 0.25) is 0 Å². The SMILES string of the molecule is O=C1/C(=C\c2cc3[te]c4ccsc4c3s2)C(=O)c2sccc21. The Hall–Kier alpha value is -1.03. The van der Waals surface area contributed by atoms with Gasteiger partial charge in [-0.2, -0.15) is 0 Å². The molecule has 0 saturated heterocycles. The Labute approximate surface area is 146 Å². The van der Waals surface area contributed by atoms with Crippen LogP contribution < -0.4 is 0 Å². The molecule has 5 rings (SSSR count). The van der Waals surface area contributed by atoms with Gasteiger partial charge in [-0.15, -0.1) is 0 Å². The van der Waals surface area contributed by atoms with E-state index in [9.17, 15) is 9.59 Å². The predicted octanol–water partition coefficient (Wildman–Crippen LogP) is 4.70. The third kappa shape index (κ3) is 1.76. The van der Waals surface area contributed by atoms with E-state index in [0.29, 0.717) is 16.0 Å². The first-order valence-electron chi connectivity index (χ1n) is 6.50. The number of fused-ring (bicyclic) bond motifs is 4. The van der Waals surface area contributed by atoms with E-state index in [1.165, 1.54) is 27.5 Å². The van der Waals surface area contributed by atoms with Crippen molar-refractivity contribution in [3.63, 3.8) is 0 Å². The second-order valence-corrected chi connectivity index (χ2v) is 10.9. The molecule has 4 aromatic rings. The molecule has 0 saturated carbocycles. The summed E-state index contributed by atoms with van der Waals surface area (Å²) in [5.74, 6) is -0.236. The van der Waals surface area contributed by atoms with E-state index in [4.69, 9.17) is 0 Å². The van der Waals surface area contributed by atoms with Crippen molar-refractivity contribution >= 4 is 88.3 Å². The van der Waals surface area contributed by atoms with Crippen LogP contribution in [0.2, 0.25) is 0 Å². The van der Waals surface area contributed by atoms with Crippen molar-refractivity contribution < 1.29 is 9.59 Å². The van der Waals surface area contributed by atoms with Gasteiger partial charge in [0.25, 0.3) is 0 Å². The minimum atomic E-state index is -0.287. The van der Waals surface area contributed by atoms with E-state index >= 15 is 0 Å². The Balaban J connectivity index is 1.66. The van der Waals surface area contributed by atoms with Crippen LogP contribution in [-0.4, -0.2) is 32.0 Å². The summed E-state index contributed by atoms with van der Waals surface area (Å²) >= 11 is 4.57. The minimum absolute atomic E-state index is 0.114. The van der Waals surface area contributed by atoms with Gasteiger partial charge in [-0.1, -0.05) is 0 Å². The molecule has 0 fully saturated rings. The Bertz CT molecular complexity index is 1090. The van der Waals surface area contributed by atoms with E-state index in [0.717, 1.165) is 4.88 Å². The van der Waals surface area contributed by atoms with Crippen LogP contribution in [0.5, 0.6) is 0 Å². The third-order valence-corrected chi connectivity index (χ3v) is 10.7. The van der Waals surface area contributed by atoms with Crippen molar-refractivity contribution in [3.05, 3.63) is 49.9 Å². The molecule has 0 aliphatic heterocycles. The van der Waals surface area contributed by atoms with Gasteiger partial charge in [0.15, 0.2) is 0 Å². The molecule has 1 aliphatic carbocycles. The predicted molar refractivity (Wildman–Crippen MR) is 95.1 cm³/mol. The fourth-order valence-corrected chi connectivity index (χ4v) is 10.4. The maximum atomic E-state index is 12.3. The van der Waals surface area contributed by atoms with Crippen LogP contribution in [0.4, 0.5) is 0 Å². The summed E-state index contributed by atoms with van der Waals surface area (Å²) in [5, 5.41) is 3.96. The second-order valence-electron chi connectivity index (χ2n) is 4.94. The van der Waals surface area contributed by atoms with E-state index in [1.807, 2.05) is 0 Å². The summed E-state index contributed by atoms with van der Waals surface area (Å²) in [5.41, 5.74) is 0.897. The van der Waals surface area contributed by atoms with Crippen LogP contribution in [0.25, 0.3) is 22.3 Å². The average molecular weight is 454 g/mol. The van der Waals surface area contributed by atoms with Gasteiger partial charge in [0.05, 0.1) is 0 Å². The van der Waals surface area contributed by atoms with Crippen molar-refractivity contribution in [3.8, 4) is 0 Å². The zero-order chi connectivity index (χ0) is 14.8. The Morgan fingerprint density at radius 1 is 0.955 bits per heavy atom. The summed E-state index contributed by atoms with van der Waals surface area (Å²) in [4.78, 5) is 26.3. The zero-order valence-corrected chi connectivity index (χ0v) is 15.7. The third-order valence-electron chi connectivity index (χ3n) is 3.66. The number of allylic oxidation sites excluding steroid dienone is 1. The summed E-state index contributed by atoms with van der Waals surface area (Å²) < 4.78 is 5.71. The second kappa shape index (κ2) is 4.73. The van der Waals surface area contributed by atoms with Gasteiger partial charge < -0.3 is 0 Å². The topological polar surface area (TPSA) is 34.1 Å². The van der Waals surface area contributed by atoms with Crippen molar-refractivity contribution in [1.29, 1.82) is 0 Å². The van der Waals surface area contributed by atoms with Crippen LogP contribution in [-0.2, 0) is 0 Å². The Morgan fingerprint density at radius 3 is 2.68 bits per heavy atom. The molecule has 0 unspecified atom stereocenters. The van der Waals surface area contributed by atoms with Gasteiger partial charge in [-0.05, 0) is 0 Å². The normalized spacial score (nSPS) is 16.5. The van der Waals surface area contributed by atoms with Gasteiger partial charge in [-0.3, -0.25) is 0 Å². The summed E-state index contributed by atoms with van der Waals surface area (Å²) in [7, 11) is 0. The van der Waals surface area contributed by atoms with Crippen molar-refractivity contribution in [2.75, 3.05) is 0 Å². The Morgan fingerprint density at radius 2 is 1.82 bits per heavy atom. The molecule has 0 aromatic carbocycles. The van der Waals surface area contributed by atoms with Gasteiger partial charge >= 0.3 is 148 Å². The molecule has 0 atom stereocenters. The molecule has 4 aromatic heterocycles. The molecular formula is C16H6O2S3Te. The number of rotatable bonds is 1. The first-order valence-corrected chi connectivity index (χ1v) is 11.4. The van der Waals surface area contributed by atoms with Crippen LogP contribution in [0, 0.1) is 0 Å². The monoisotopic (exact) mass is 456 g/mol. The summed E-state index contributed by atoms with van der Waals surface area (Å²) in [6, 6.07) is 6.16. The van der Waals surface area contributed by atoms with Crippen molar-refractivity contribution in [2.45, 2.75) is 0 Å². The maximum absolute atomic E-state index is 12.3. The quantitative estimate of drug-likeness (QED) is 0.238. The van der Waals surface area contributed by atoms with Gasteiger partial charge in [-0.25, -0.2) is 0 Å². The molecule has 0 radical (unpaired) electrons. The summed E-state index contributed by atoms with van der Waals surface area (Å²) in [6.07, 6.45) is 1.79. The number of ketones is 2. The molecule has 22 heavy (non-hydrogen) atoms. The molecule has 2 nitrogen and oxygen atoms in total. The molecule has 1 aliphatic rings. The number of carbonyl (C=O) groups excluding carboxylic acids is 2. The number of hydrogen-bond acceptors (Lipinski definition) is 5. The fourth-order valence-electron chi connectivity index (χ4n) is 2.67. The standard InChI is InChI=1S/C16H6O2S3Te/c17-12-8-1-3-19-14(8)13(18)9(12)5-7-6-11-16(21-7)15-10(22-11)2-4-20-15/h1-6H/b9-5+. The molecule has 0 bridgehead atoms. The first kappa shape index (κ1) is 13.4. The number of Topliss-reactive ketones (excluding diaryl/α,β-unsaturated/α-hetero) is 2. The van der Waals surface area contributed by atoms with E-state index in [2.05, 4.69) is 17.5 Å². The molecule has 106 valence electrons. The average Bonchev–Trinajstić information content (AvgIpc) is 3.24. The summed E-state index contributed by atoms with van der Waals surface area (Å²) in [6.45, 7) is 0. The fraction of sp³-hybridized carbons (Fsp3) is 0. The van der Waals surface area contributed by atoms with Crippen LogP contribution >= 0.6 is 34.0 Å². The van der Waals surface area contributed by atoms with Crippen molar-refractivity contribution in [1.82, 2.24) is 0 Å². The van der Waals surface area contributed by atoms with Crippen LogP contribution in [0.3, 0.4) is 0 Å². The molecular weight excluding hydrogens is 448 g/mol.